The van der Waals surface area contributed by atoms with E-state index >= 15 is 0 Å². The quantitative estimate of drug-likeness (QED) is 0.703. The van der Waals surface area contributed by atoms with Crippen molar-refractivity contribution < 1.29 is 4.79 Å². The number of rotatable bonds is 8. The number of amides is 1. The third-order valence-electron chi connectivity index (χ3n) is 5.13. The first-order valence-corrected chi connectivity index (χ1v) is 8.36. The zero-order valence-corrected chi connectivity index (χ0v) is 16.0. The van der Waals surface area contributed by atoms with E-state index in [1.165, 1.54) is 32.2 Å². The molecule has 4 nitrogen and oxygen atoms in total. The van der Waals surface area contributed by atoms with Crippen LogP contribution in [0.15, 0.2) is 0 Å². The van der Waals surface area contributed by atoms with E-state index in [0.29, 0.717) is 12.6 Å². The molecule has 1 saturated heterocycles. The number of nitrogens with one attached hydrogen (secondary N) is 1. The number of nitrogens with zero attached hydrogens (tertiary/aromatic N) is 1. The lowest BCUT2D eigenvalue weighted by atomic mass is 9.81. The molecule has 134 valence electrons. The number of hydrogen-bond donors (Lipinski definition) is 2. The molecule has 0 aromatic heterocycles. The maximum Gasteiger partial charge on any atom is 0.227 e. The van der Waals surface area contributed by atoms with Crippen molar-refractivity contribution in [2.24, 2.45) is 11.1 Å². The molecule has 0 aliphatic carbocycles. The molecule has 0 bridgehead atoms. The molecule has 0 radical (unpaired) electrons. The first-order valence-electron chi connectivity index (χ1n) is 8.36. The van der Waals surface area contributed by atoms with Gasteiger partial charge in [0.15, 0.2) is 0 Å². The van der Waals surface area contributed by atoms with E-state index in [4.69, 9.17) is 5.73 Å². The smallest absolute Gasteiger partial charge is 0.227 e. The monoisotopic (exact) mass is 355 g/mol. The Balaban J connectivity index is 0. The first-order chi connectivity index (χ1) is 9.63. The Morgan fingerprint density at radius 3 is 2.36 bits per heavy atom. The van der Waals surface area contributed by atoms with Crippen LogP contribution in [0.2, 0.25) is 0 Å². The van der Waals surface area contributed by atoms with Gasteiger partial charge < -0.3 is 11.1 Å². The standard InChI is InChI=1S/C16H33N3O.2ClH/c1-4-14-9-7-8-11-19(14)12-10-18-15(20)16(5-2,6-3)13-17;;/h14H,4-13,17H2,1-3H3,(H,18,20);2*1H. The van der Waals surface area contributed by atoms with Gasteiger partial charge in [0.1, 0.15) is 0 Å². The summed E-state index contributed by atoms with van der Waals surface area (Å²) >= 11 is 0. The van der Waals surface area contributed by atoms with Crippen molar-refractivity contribution in [1.29, 1.82) is 0 Å². The van der Waals surface area contributed by atoms with E-state index in [1.807, 2.05) is 13.8 Å². The lowest BCUT2D eigenvalue weighted by Crippen LogP contribution is -2.48. The predicted octanol–water partition coefficient (Wildman–Crippen LogP) is 2.98. The highest BCUT2D eigenvalue weighted by atomic mass is 35.5. The van der Waals surface area contributed by atoms with Gasteiger partial charge in [-0.3, -0.25) is 9.69 Å². The van der Waals surface area contributed by atoms with Gasteiger partial charge in [0.05, 0.1) is 5.41 Å². The highest BCUT2D eigenvalue weighted by Crippen LogP contribution is 2.25. The lowest BCUT2D eigenvalue weighted by Gasteiger charge is -2.35. The molecule has 1 fully saturated rings. The van der Waals surface area contributed by atoms with Gasteiger partial charge in [-0.05, 0) is 38.6 Å². The summed E-state index contributed by atoms with van der Waals surface area (Å²) in [5, 5.41) is 3.11. The lowest BCUT2D eigenvalue weighted by molar-refractivity contribution is -0.131. The van der Waals surface area contributed by atoms with Gasteiger partial charge in [0.2, 0.25) is 5.91 Å². The fraction of sp³-hybridized carbons (Fsp3) is 0.938. The van der Waals surface area contributed by atoms with E-state index in [0.717, 1.165) is 25.9 Å². The van der Waals surface area contributed by atoms with Crippen LogP contribution in [0.1, 0.15) is 59.3 Å². The normalized spacial score (nSPS) is 19.0. The molecule has 0 aromatic carbocycles. The second kappa shape index (κ2) is 12.4. The topological polar surface area (TPSA) is 58.4 Å². The molecule has 1 rings (SSSR count). The number of halogens is 2. The van der Waals surface area contributed by atoms with Crippen LogP contribution in [0, 0.1) is 5.41 Å². The van der Waals surface area contributed by atoms with Crippen LogP contribution < -0.4 is 11.1 Å². The van der Waals surface area contributed by atoms with E-state index in [-0.39, 0.29) is 36.1 Å². The summed E-state index contributed by atoms with van der Waals surface area (Å²) < 4.78 is 0. The molecule has 1 heterocycles. The number of hydrogen-bond acceptors (Lipinski definition) is 3. The van der Waals surface area contributed by atoms with Crippen LogP contribution in [-0.2, 0) is 4.79 Å². The molecular weight excluding hydrogens is 321 g/mol. The van der Waals surface area contributed by atoms with Crippen LogP contribution in [0.4, 0.5) is 0 Å². The first kappa shape index (κ1) is 24.2. The molecule has 1 unspecified atom stereocenters. The summed E-state index contributed by atoms with van der Waals surface area (Å²) in [6.07, 6.45) is 6.79. The molecule has 6 heteroatoms. The Kier molecular flexibility index (Phi) is 13.7. The van der Waals surface area contributed by atoms with Crippen LogP contribution >= 0.6 is 24.8 Å². The Morgan fingerprint density at radius 1 is 1.23 bits per heavy atom. The summed E-state index contributed by atoms with van der Waals surface area (Å²) in [5.41, 5.74) is 5.45. The molecule has 1 amide bonds. The van der Waals surface area contributed by atoms with Crippen LogP contribution in [-0.4, -0.2) is 43.0 Å². The van der Waals surface area contributed by atoms with Gasteiger partial charge in [0, 0.05) is 25.7 Å². The van der Waals surface area contributed by atoms with Gasteiger partial charge >= 0.3 is 0 Å². The van der Waals surface area contributed by atoms with Gasteiger partial charge in [0.25, 0.3) is 0 Å². The van der Waals surface area contributed by atoms with Crippen molar-refractivity contribution in [3.05, 3.63) is 0 Å². The Bertz CT molecular complexity index is 291. The van der Waals surface area contributed by atoms with Crippen LogP contribution in [0.3, 0.4) is 0 Å². The van der Waals surface area contributed by atoms with Crippen LogP contribution in [0.25, 0.3) is 0 Å². The Morgan fingerprint density at radius 2 is 1.86 bits per heavy atom. The highest BCUT2D eigenvalue weighted by Gasteiger charge is 2.33. The molecule has 0 aromatic rings. The van der Waals surface area contributed by atoms with E-state index < -0.39 is 0 Å². The average Bonchev–Trinajstić information content (AvgIpc) is 2.50. The van der Waals surface area contributed by atoms with E-state index in [9.17, 15) is 4.79 Å². The molecule has 1 atom stereocenters. The minimum absolute atomic E-state index is 0. The summed E-state index contributed by atoms with van der Waals surface area (Å²) in [6, 6.07) is 0.706. The maximum absolute atomic E-state index is 12.3. The van der Waals surface area contributed by atoms with Crippen molar-refractivity contribution in [1.82, 2.24) is 10.2 Å². The van der Waals surface area contributed by atoms with Crippen molar-refractivity contribution in [2.45, 2.75) is 65.3 Å². The zero-order chi connectivity index (χ0) is 15.0. The minimum atomic E-state index is -0.369. The van der Waals surface area contributed by atoms with Gasteiger partial charge in [-0.2, -0.15) is 0 Å². The summed E-state index contributed by atoms with van der Waals surface area (Å²) in [5.74, 6) is 0.134. The molecule has 22 heavy (non-hydrogen) atoms. The van der Waals surface area contributed by atoms with Crippen molar-refractivity contribution in [3.63, 3.8) is 0 Å². The van der Waals surface area contributed by atoms with Gasteiger partial charge in [-0.25, -0.2) is 0 Å². The van der Waals surface area contributed by atoms with E-state index in [2.05, 4.69) is 17.1 Å². The molecule has 3 N–H and O–H groups in total. The molecular formula is C16H35Cl2N3O. The summed E-state index contributed by atoms with van der Waals surface area (Å²) in [4.78, 5) is 14.9. The second-order valence-electron chi connectivity index (χ2n) is 6.04. The van der Waals surface area contributed by atoms with Gasteiger partial charge in [-0.15, -0.1) is 24.8 Å². The molecule has 0 saturated carbocycles. The Hall–Kier alpha value is -0.0300. The average molecular weight is 356 g/mol. The number of carbonyl (C=O) groups is 1. The summed E-state index contributed by atoms with van der Waals surface area (Å²) in [6.45, 7) is 9.69. The zero-order valence-electron chi connectivity index (χ0n) is 14.4. The molecule has 0 spiro atoms. The number of likely N-dealkylation sites (tertiary alicyclic amines) is 1. The molecule has 1 aliphatic rings. The highest BCUT2D eigenvalue weighted by molar-refractivity contribution is 5.85. The van der Waals surface area contributed by atoms with Crippen molar-refractivity contribution in [2.75, 3.05) is 26.2 Å². The van der Waals surface area contributed by atoms with E-state index in [1.54, 1.807) is 0 Å². The number of carbonyl (C=O) groups excluding carboxylic acids is 1. The fourth-order valence-corrected chi connectivity index (χ4v) is 3.27. The Labute approximate surface area is 148 Å². The van der Waals surface area contributed by atoms with Gasteiger partial charge in [-0.1, -0.05) is 27.2 Å². The minimum Gasteiger partial charge on any atom is -0.354 e. The van der Waals surface area contributed by atoms with Crippen LogP contribution in [0.5, 0.6) is 0 Å². The number of piperidine rings is 1. The maximum atomic E-state index is 12.3. The molecule has 1 aliphatic heterocycles. The third-order valence-corrected chi connectivity index (χ3v) is 5.13. The number of nitrogens with two attached hydrogens (primary N) is 1. The fourth-order valence-electron chi connectivity index (χ4n) is 3.27. The second-order valence-corrected chi connectivity index (χ2v) is 6.04. The SMILES string of the molecule is CCC1CCCCN1CCNC(=O)C(CC)(CC)CN.Cl.Cl. The summed E-state index contributed by atoms with van der Waals surface area (Å²) in [7, 11) is 0. The largest absolute Gasteiger partial charge is 0.354 e. The predicted molar refractivity (Wildman–Crippen MR) is 99.1 cm³/mol. The third kappa shape index (κ3) is 6.23. The van der Waals surface area contributed by atoms with Crippen molar-refractivity contribution in [3.8, 4) is 0 Å². The van der Waals surface area contributed by atoms with Crippen molar-refractivity contribution >= 4 is 30.7 Å².